The van der Waals surface area contributed by atoms with E-state index in [1.807, 2.05) is 13.8 Å². The molecule has 0 saturated heterocycles. The zero-order valence-electron chi connectivity index (χ0n) is 10.1. The number of hydrogen-bond acceptors (Lipinski definition) is 2. The predicted octanol–water partition coefficient (Wildman–Crippen LogP) is 3.04. The van der Waals surface area contributed by atoms with Crippen molar-refractivity contribution in [2.75, 3.05) is 5.32 Å². The van der Waals surface area contributed by atoms with Crippen molar-refractivity contribution in [2.45, 2.75) is 26.3 Å². The van der Waals surface area contributed by atoms with Crippen LogP contribution in [0.15, 0.2) is 16.6 Å². The second kappa shape index (κ2) is 6.24. The maximum absolute atomic E-state index is 13.5. The minimum atomic E-state index is -0.841. The van der Waals surface area contributed by atoms with Crippen molar-refractivity contribution in [1.29, 1.82) is 0 Å². The molecular formula is C12H15BrF2N2O. The number of hydrogen-bond donors (Lipinski definition) is 2. The molecular weight excluding hydrogens is 306 g/mol. The Labute approximate surface area is 113 Å². The van der Waals surface area contributed by atoms with Crippen molar-refractivity contribution in [3.8, 4) is 0 Å². The molecule has 6 heteroatoms. The Morgan fingerprint density at radius 1 is 1.44 bits per heavy atom. The van der Waals surface area contributed by atoms with E-state index in [1.54, 1.807) is 0 Å². The van der Waals surface area contributed by atoms with E-state index in [1.165, 1.54) is 0 Å². The van der Waals surface area contributed by atoms with Crippen LogP contribution in [0.4, 0.5) is 14.5 Å². The smallest absolute Gasteiger partial charge is 0.241 e. The van der Waals surface area contributed by atoms with Crippen LogP contribution in [0.1, 0.15) is 20.3 Å². The molecule has 3 nitrogen and oxygen atoms in total. The number of nitrogens with two attached hydrogens (primary N) is 1. The van der Waals surface area contributed by atoms with Crippen LogP contribution in [0.3, 0.4) is 0 Å². The summed E-state index contributed by atoms with van der Waals surface area (Å²) in [6, 6.07) is 1.06. The van der Waals surface area contributed by atoms with E-state index in [9.17, 15) is 13.6 Å². The van der Waals surface area contributed by atoms with Gasteiger partial charge in [0.25, 0.3) is 0 Å². The summed E-state index contributed by atoms with van der Waals surface area (Å²) in [7, 11) is 0. The van der Waals surface area contributed by atoms with Gasteiger partial charge in [-0.05, 0) is 34.3 Å². The Morgan fingerprint density at radius 3 is 2.56 bits per heavy atom. The summed E-state index contributed by atoms with van der Waals surface area (Å²) in [5, 5.41) is 2.36. The summed E-state index contributed by atoms with van der Waals surface area (Å²) >= 11 is 2.99. The van der Waals surface area contributed by atoms with Gasteiger partial charge < -0.3 is 11.1 Å². The topological polar surface area (TPSA) is 55.1 Å². The molecule has 0 radical (unpaired) electrons. The number of carbonyl (C=O) groups excluding carboxylic acids is 1. The average molecular weight is 321 g/mol. The highest BCUT2D eigenvalue weighted by atomic mass is 79.9. The molecule has 100 valence electrons. The molecule has 0 aliphatic heterocycles. The summed E-state index contributed by atoms with van der Waals surface area (Å²) in [5.41, 5.74) is 5.58. The molecule has 0 aromatic heterocycles. The summed E-state index contributed by atoms with van der Waals surface area (Å²) in [6.45, 7) is 3.86. The lowest BCUT2D eigenvalue weighted by Gasteiger charge is -2.15. The molecule has 0 aliphatic rings. The van der Waals surface area contributed by atoms with Gasteiger partial charge >= 0.3 is 0 Å². The SMILES string of the molecule is CC(C)C[C@H](N)C(=O)Nc1c(F)cc(F)cc1Br. The zero-order valence-corrected chi connectivity index (χ0v) is 11.7. The molecule has 1 atom stereocenters. The fraction of sp³-hybridized carbons (Fsp3) is 0.417. The van der Waals surface area contributed by atoms with Crippen LogP contribution >= 0.6 is 15.9 Å². The third-order valence-corrected chi connectivity index (χ3v) is 2.94. The number of anilines is 1. The summed E-state index contributed by atoms with van der Waals surface area (Å²) < 4.78 is 26.5. The number of halogens is 3. The third kappa shape index (κ3) is 4.03. The van der Waals surface area contributed by atoms with Crippen molar-refractivity contribution in [3.05, 3.63) is 28.2 Å². The Hall–Kier alpha value is -1.01. The molecule has 18 heavy (non-hydrogen) atoms. The highest BCUT2D eigenvalue weighted by molar-refractivity contribution is 9.10. The molecule has 0 saturated carbocycles. The quantitative estimate of drug-likeness (QED) is 0.895. The normalized spacial score (nSPS) is 12.6. The zero-order chi connectivity index (χ0) is 13.9. The second-order valence-corrected chi connectivity index (χ2v) is 5.32. The number of benzene rings is 1. The number of rotatable bonds is 4. The number of carbonyl (C=O) groups is 1. The molecule has 0 unspecified atom stereocenters. The van der Waals surface area contributed by atoms with Crippen LogP contribution in [0, 0.1) is 17.6 Å². The van der Waals surface area contributed by atoms with Crippen LogP contribution in [-0.4, -0.2) is 11.9 Å². The first kappa shape index (κ1) is 15.0. The Balaban J connectivity index is 2.82. The van der Waals surface area contributed by atoms with Gasteiger partial charge in [0, 0.05) is 10.5 Å². The van der Waals surface area contributed by atoms with E-state index in [4.69, 9.17) is 5.73 Å². The van der Waals surface area contributed by atoms with E-state index in [0.717, 1.165) is 6.07 Å². The van der Waals surface area contributed by atoms with Crippen LogP contribution < -0.4 is 11.1 Å². The predicted molar refractivity (Wildman–Crippen MR) is 70.1 cm³/mol. The average Bonchev–Trinajstić information content (AvgIpc) is 2.21. The summed E-state index contributed by atoms with van der Waals surface area (Å²) in [5.74, 6) is -1.79. The number of amides is 1. The van der Waals surface area contributed by atoms with Crippen LogP contribution in [-0.2, 0) is 4.79 Å². The molecule has 3 N–H and O–H groups in total. The molecule has 0 heterocycles. The van der Waals surface area contributed by atoms with Crippen LogP contribution in [0.5, 0.6) is 0 Å². The molecule has 0 bridgehead atoms. The van der Waals surface area contributed by atoms with Gasteiger partial charge in [-0.3, -0.25) is 4.79 Å². The van der Waals surface area contributed by atoms with E-state index in [0.29, 0.717) is 12.5 Å². The third-order valence-electron chi connectivity index (χ3n) is 2.32. The van der Waals surface area contributed by atoms with Gasteiger partial charge in [-0.15, -0.1) is 0 Å². The lowest BCUT2D eigenvalue weighted by atomic mass is 10.0. The number of nitrogens with one attached hydrogen (secondary N) is 1. The maximum Gasteiger partial charge on any atom is 0.241 e. The van der Waals surface area contributed by atoms with Gasteiger partial charge in [-0.2, -0.15) is 0 Å². The van der Waals surface area contributed by atoms with Gasteiger partial charge in [-0.1, -0.05) is 13.8 Å². The van der Waals surface area contributed by atoms with Crippen molar-refractivity contribution >= 4 is 27.5 Å². The van der Waals surface area contributed by atoms with Crippen molar-refractivity contribution in [3.63, 3.8) is 0 Å². The first-order valence-electron chi connectivity index (χ1n) is 5.52. The minimum Gasteiger partial charge on any atom is -0.321 e. The monoisotopic (exact) mass is 320 g/mol. The first-order valence-corrected chi connectivity index (χ1v) is 6.31. The van der Waals surface area contributed by atoms with E-state index in [-0.39, 0.29) is 16.1 Å². The van der Waals surface area contributed by atoms with Crippen molar-refractivity contribution in [1.82, 2.24) is 0 Å². The molecule has 0 spiro atoms. The van der Waals surface area contributed by atoms with Gasteiger partial charge in [0.1, 0.15) is 5.82 Å². The lowest BCUT2D eigenvalue weighted by molar-refractivity contribution is -0.117. The molecule has 0 aliphatic carbocycles. The lowest BCUT2D eigenvalue weighted by Crippen LogP contribution is -2.37. The largest absolute Gasteiger partial charge is 0.321 e. The fourth-order valence-corrected chi connectivity index (χ4v) is 2.00. The molecule has 1 rings (SSSR count). The van der Waals surface area contributed by atoms with Crippen molar-refractivity contribution in [2.24, 2.45) is 11.7 Å². The second-order valence-electron chi connectivity index (χ2n) is 4.47. The van der Waals surface area contributed by atoms with Crippen LogP contribution in [0.25, 0.3) is 0 Å². The van der Waals surface area contributed by atoms with Gasteiger partial charge in [0.2, 0.25) is 5.91 Å². The Morgan fingerprint density at radius 2 is 2.06 bits per heavy atom. The molecule has 0 fully saturated rings. The van der Waals surface area contributed by atoms with E-state index < -0.39 is 23.6 Å². The highest BCUT2D eigenvalue weighted by Gasteiger charge is 2.18. The van der Waals surface area contributed by atoms with Gasteiger partial charge in [0.15, 0.2) is 5.82 Å². The standard InChI is InChI=1S/C12H15BrF2N2O/c1-6(2)3-10(16)12(18)17-11-8(13)4-7(14)5-9(11)15/h4-6,10H,3,16H2,1-2H3,(H,17,18)/t10-/m0/s1. The van der Waals surface area contributed by atoms with Crippen molar-refractivity contribution < 1.29 is 13.6 Å². The van der Waals surface area contributed by atoms with E-state index >= 15 is 0 Å². The highest BCUT2D eigenvalue weighted by Crippen LogP contribution is 2.27. The molecule has 1 amide bonds. The Kier molecular flexibility index (Phi) is 5.22. The fourth-order valence-electron chi connectivity index (χ4n) is 1.49. The molecule has 1 aromatic carbocycles. The molecule has 1 aromatic rings. The van der Waals surface area contributed by atoms with Crippen LogP contribution in [0.2, 0.25) is 0 Å². The van der Waals surface area contributed by atoms with E-state index in [2.05, 4.69) is 21.2 Å². The minimum absolute atomic E-state index is 0.0967. The van der Waals surface area contributed by atoms with Gasteiger partial charge in [-0.25, -0.2) is 8.78 Å². The summed E-state index contributed by atoms with van der Waals surface area (Å²) in [6.07, 6.45) is 0.492. The summed E-state index contributed by atoms with van der Waals surface area (Å²) in [4.78, 5) is 11.7. The van der Waals surface area contributed by atoms with Gasteiger partial charge in [0.05, 0.1) is 11.7 Å². The Bertz CT molecular complexity index is 429. The maximum atomic E-state index is 13.5. The first-order chi connectivity index (χ1) is 8.31.